The second-order valence-electron chi connectivity index (χ2n) is 7.70. The number of benzene rings is 2. The van der Waals surface area contributed by atoms with Gasteiger partial charge in [-0.15, -0.1) is 0 Å². The van der Waals surface area contributed by atoms with Gasteiger partial charge in [0.25, 0.3) is 11.2 Å². The van der Waals surface area contributed by atoms with E-state index >= 15 is 0 Å². The Hall–Kier alpha value is -3.16. The number of fused-ring (bicyclic) bond motifs is 1. The molecule has 1 saturated carbocycles. The fourth-order valence-corrected chi connectivity index (χ4v) is 4.18. The van der Waals surface area contributed by atoms with Gasteiger partial charge in [0.1, 0.15) is 5.65 Å². The van der Waals surface area contributed by atoms with Gasteiger partial charge < -0.3 is 4.98 Å². The first-order chi connectivity index (χ1) is 14.8. The quantitative estimate of drug-likeness (QED) is 0.313. The number of rotatable bonds is 4. The molecule has 2 aromatic carbocycles. The van der Waals surface area contributed by atoms with Crippen LogP contribution in [0.3, 0.4) is 0 Å². The van der Waals surface area contributed by atoms with Crippen LogP contribution < -0.4 is 5.56 Å². The second-order valence-corrected chi connectivity index (χ2v) is 8.51. The molecule has 0 radical (unpaired) electrons. The zero-order valence-corrected chi connectivity index (χ0v) is 17.9. The largest absolute Gasteiger partial charge is 0.306 e. The van der Waals surface area contributed by atoms with E-state index in [1.165, 1.54) is 18.2 Å². The molecular formula is C22H16Cl2N4O3. The van der Waals surface area contributed by atoms with Gasteiger partial charge >= 0.3 is 0 Å². The predicted octanol–water partition coefficient (Wildman–Crippen LogP) is 5.76. The fraction of sp³-hybridized carbons (Fsp3) is 0.182. The molecule has 5 rings (SSSR count). The van der Waals surface area contributed by atoms with Crippen LogP contribution in [0.2, 0.25) is 10.0 Å². The summed E-state index contributed by atoms with van der Waals surface area (Å²) in [5.41, 5.74) is 4.75. The van der Waals surface area contributed by atoms with Crippen molar-refractivity contribution in [1.82, 2.24) is 14.6 Å². The van der Waals surface area contributed by atoms with E-state index in [0.717, 1.165) is 29.7 Å². The van der Waals surface area contributed by atoms with Crippen molar-refractivity contribution in [3.63, 3.8) is 0 Å². The van der Waals surface area contributed by atoms with E-state index in [-0.39, 0.29) is 11.2 Å². The normalized spacial score (nSPS) is 13.6. The highest BCUT2D eigenvalue weighted by atomic mass is 35.5. The van der Waals surface area contributed by atoms with E-state index in [0.29, 0.717) is 38.4 Å². The van der Waals surface area contributed by atoms with Gasteiger partial charge in [0, 0.05) is 35.2 Å². The number of H-pyrrole nitrogens is 1. The molecule has 0 atom stereocenters. The lowest BCUT2D eigenvalue weighted by Gasteiger charge is -2.09. The molecule has 0 bridgehead atoms. The molecule has 31 heavy (non-hydrogen) atoms. The molecule has 1 fully saturated rings. The molecule has 1 N–H and O–H groups in total. The Morgan fingerprint density at radius 3 is 2.55 bits per heavy atom. The summed E-state index contributed by atoms with van der Waals surface area (Å²) in [4.78, 5) is 26.2. The smallest absolute Gasteiger partial charge is 0.269 e. The Morgan fingerprint density at radius 1 is 1.13 bits per heavy atom. The first kappa shape index (κ1) is 19.8. The van der Waals surface area contributed by atoms with Gasteiger partial charge in [0.2, 0.25) is 0 Å². The molecule has 9 heteroatoms. The van der Waals surface area contributed by atoms with Crippen LogP contribution in [0.25, 0.3) is 28.0 Å². The SMILES string of the molecule is Cc1cc([N+](=O)[O-])ccc1-c1cc(=O)[nH]c2c(-c3ccc(Cl)c(Cl)c3)c(C3CC3)nn12. The van der Waals surface area contributed by atoms with Crippen molar-refractivity contribution < 1.29 is 4.92 Å². The highest BCUT2D eigenvalue weighted by Gasteiger charge is 2.32. The zero-order valence-electron chi connectivity index (χ0n) is 16.4. The molecule has 2 heterocycles. The van der Waals surface area contributed by atoms with Crippen molar-refractivity contribution in [2.75, 3.05) is 0 Å². The molecule has 1 aliphatic rings. The van der Waals surface area contributed by atoms with E-state index in [9.17, 15) is 14.9 Å². The average Bonchev–Trinajstić information content (AvgIpc) is 3.50. The van der Waals surface area contributed by atoms with Crippen LogP contribution in [0.4, 0.5) is 5.69 Å². The van der Waals surface area contributed by atoms with E-state index in [1.807, 2.05) is 6.07 Å². The number of hydrogen-bond acceptors (Lipinski definition) is 4. The zero-order chi connectivity index (χ0) is 21.9. The van der Waals surface area contributed by atoms with Crippen LogP contribution >= 0.6 is 23.2 Å². The monoisotopic (exact) mass is 454 g/mol. The first-order valence-electron chi connectivity index (χ1n) is 9.70. The third kappa shape index (κ3) is 3.40. The van der Waals surface area contributed by atoms with Gasteiger partial charge in [0.05, 0.1) is 26.4 Å². The van der Waals surface area contributed by atoms with Crippen LogP contribution in [0, 0.1) is 17.0 Å². The number of hydrogen-bond donors (Lipinski definition) is 1. The molecule has 156 valence electrons. The van der Waals surface area contributed by atoms with Crippen LogP contribution in [0.15, 0.2) is 47.3 Å². The number of non-ortho nitro benzene ring substituents is 1. The Labute approximate surface area is 186 Å². The maximum Gasteiger partial charge on any atom is 0.269 e. The van der Waals surface area contributed by atoms with Gasteiger partial charge in [-0.2, -0.15) is 5.10 Å². The Bertz CT molecular complexity index is 1440. The summed E-state index contributed by atoms with van der Waals surface area (Å²) in [7, 11) is 0. The average molecular weight is 455 g/mol. The number of nitro benzene ring substituents is 1. The number of aromatic nitrogens is 3. The topological polar surface area (TPSA) is 93.3 Å². The number of aryl methyl sites for hydroxylation is 1. The number of nitro groups is 1. The lowest BCUT2D eigenvalue weighted by Crippen LogP contribution is -2.10. The molecule has 2 aromatic heterocycles. The van der Waals surface area contributed by atoms with Gasteiger partial charge in [-0.3, -0.25) is 14.9 Å². The highest BCUT2D eigenvalue weighted by Crippen LogP contribution is 2.46. The number of aromatic amines is 1. The Balaban J connectivity index is 1.80. The third-order valence-electron chi connectivity index (χ3n) is 5.52. The molecule has 0 spiro atoms. The van der Waals surface area contributed by atoms with Crippen molar-refractivity contribution in [3.05, 3.63) is 84.2 Å². The van der Waals surface area contributed by atoms with Gasteiger partial charge in [-0.1, -0.05) is 29.3 Å². The van der Waals surface area contributed by atoms with Crippen LogP contribution in [-0.4, -0.2) is 19.5 Å². The minimum Gasteiger partial charge on any atom is -0.306 e. The Kier molecular flexibility index (Phi) is 4.60. The van der Waals surface area contributed by atoms with E-state index in [2.05, 4.69) is 4.98 Å². The summed E-state index contributed by atoms with van der Waals surface area (Å²) in [6.07, 6.45) is 2.04. The number of nitrogens with zero attached hydrogens (tertiary/aromatic N) is 3. The number of halogens is 2. The molecule has 0 unspecified atom stereocenters. The maximum atomic E-state index is 12.6. The Morgan fingerprint density at radius 2 is 1.90 bits per heavy atom. The van der Waals surface area contributed by atoms with Gasteiger partial charge in [0.15, 0.2) is 0 Å². The van der Waals surface area contributed by atoms with Crippen molar-refractivity contribution >= 4 is 34.5 Å². The standard InChI is InChI=1S/C22H16Cl2N4O3/c1-11-8-14(28(30)31)5-6-15(11)18-10-19(29)25-22-20(13-4-7-16(23)17(24)9-13)21(12-2-3-12)26-27(18)22/h4-10,12H,2-3H2,1H3,(H,25,29). The van der Waals surface area contributed by atoms with Crippen LogP contribution in [0.1, 0.15) is 30.0 Å². The highest BCUT2D eigenvalue weighted by molar-refractivity contribution is 6.42. The molecule has 0 saturated heterocycles. The van der Waals surface area contributed by atoms with Crippen molar-refractivity contribution in [3.8, 4) is 22.4 Å². The van der Waals surface area contributed by atoms with Crippen LogP contribution in [-0.2, 0) is 0 Å². The second kappa shape index (κ2) is 7.21. The molecule has 7 nitrogen and oxygen atoms in total. The molecule has 0 aliphatic heterocycles. The van der Waals surface area contributed by atoms with E-state index in [4.69, 9.17) is 28.3 Å². The van der Waals surface area contributed by atoms with Gasteiger partial charge in [-0.05, 0) is 49.1 Å². The molecular weight excluding hydrogens is 439 g/mol. The van der Waals surface area contributed by atoms with Gasteiger partial charge in [-0.25, -0.2) is 4.52 Å². The summed E-state index contributed by atoms with van der Waals surface area (Å²) in [6, 6.07) is 11.4. The van der Waals surface area contributed by atoms with Crippen molar-refractivity contribution in [1.29, 1.82) is 0 Å². The lowest BCUT2D eigenvalue weighted by molar-refractivity contribution is -0.384. The minimum atomic E-state index is -0.439. The van der Waals surface area contributed by atoms with E-state index < -0.39 is 4.92 Å². The maximum absolute atomic E-state index is 12.6. The summed E-state index contributed by atoms with van der Waals surface area (Å²) in [6.45, 7) is 1.78. The molecule has 1 aliphatic carbocycles. The number of nitrogens with one attached hydrogen (secondary N) is 1. The lowest BCUT2D eigenvalue weighted by atomic mass is 10.0. The van der Waals surface area contributed by atoms with Crippen molar-refractivity contribution in [2.24, 2.45) is 0 Å². The van der Waals surface area contributed by atoms with Crippen LogP contribution in [0.5, 0.6) is 0 Å². The third-order valence-corrected chi connectivity index (χ3v) is 6.26. The predicted molar refractivity (Wildman–Crippen MR) is 120 cm³/mol. The minimum absolute atomic E-state index is 0.00188. The fourth-order valence-electron chi connectivity index (χ4n) is 3.88. The summed E-state index contributed by atoms with van der Waals surface area (Å²) in [5.74, 6) is 0.304. The summed E-state index contributed by atoms with van der Waals surface area (Å²) >= 11 is 12.4. The van der Waals surface area contributed by atoms with Crippen molar-refractivity contribution in [2.45, 2.75) is 25.7 Å². The summed E-state index contributed by atoms with van der Waals surface area (Å²) < 4.78 is 1.71. The molecule has 4 aromatic rings. The first-order valence-corrected chi connectivity index (χ1v) is 10.5. The molecule has 0 amide bonds. The van der Waals surface area contributed by atoms with E-state index in [1.54, 1.807) is 29.6 Å². The summed E-state index contributed by atoms with van der Waals surface area (Å²) in [5, 5.41) is 16.8.